The van der Waals surface area contributed by atoms with E-state index in [2.05, 4.69) is 9.88 Å². The lowest BCUT2D eigenvalue weighted by Crippen LogP contribution is -2.32. The highest BCUT2D eigenvalue weighted by molar-refractivity contribution is 5.77. The second-order valence-corrected chi connectivity index (χ2v) is 5.26. The Balaban J connectivity index is 1.65. The molecule has 90 valence electrons. The van der Waals surface area contributed by atoms with Crippen LogP contribution in [0.3, 0.4) is 0 Å². The first-order chi connectivity index (χ1) is 8.33. The van der Waals surface area contributed by atoms with Gasteiger partial charge in [-0.1, -0.05) is 0 Å². The number of rotatable bonds is 5. The zero-order chi connectivity index (χ0) is 11.7. The molecule has 0 N–H and O–H groups in total. The summed E-state index contributed by atoms with van der Waals surface area (Å²) in [5, 5.41) is 0. The van der Waals surface area contributed by atoms with Crippen molar-refractivity contribution in [1.82, 2.24) is 9.88 Å². The van der Waals surface area contributed by atoms with Crippen LogP contribution >= 0.6 is 0 Å². The van der Waals surface area contributed by atoms with Crippen LogP contribution in [-0.2, 0) is 11.3 Å². The van der Waals surface area contributed by atoms with E-state index in [0.29, 0.717) is 17.9 Å². The van der Waals surface area contributed by atoms with Crippen molar-refractivity contribution in [3.63, 3.8) is 0 Å². The second-order valence-electron chi connectivity index (χ2n) is 5.26. The van der Waals surface area contributed by atoms with Gasteiger partial charge in [0.25, 0.3) is 0 Å². The predicted molar refractivity (Wildman–Crippen MR) is 65.2 cm³/mol. The molecule has 2 aliphatic carbocycles. The Morgan fingerprint density at radius 1 is 1.24 bits per heavy atom. The first kappa shape index (κ1) is 10.8. The molecule has 3 nitrogen and oxygen atoms in total. The van der Waals surface area contributed by atoms with Gasteiger partial charge in [-0.25, -0.2) is 0 Å². The quantitative estimate of drug-likeness (QED) is 0.778. The Morgan fingerprint density at radius 3 is 2.53 bits per heavy atom. The topological polar surface area (TPSA) is 33.2 Å². The van der Waals surface area contributed by atoms with Crippen molar-refractivity contribution < 1.29 is 4.79 Å². The maximum atomic E-state index is 12.2. The molecular weight excluding hydrogens is 212 g/mol. The lowest BCUT2D eigenvalue weighted by Gasteiger charge is -2.22. The number of pyridine rings is 1. The van der Waals surface area contributed by atoms with Gasteiger partial charge in [-0.15, -0.1) is 0 Å². The number of hydrogen-bond donors (Lipinski definition) is 0. The van der Waals surface area contributed by atoms with E-state index in [9.17, 15) is 4.79 Å². The fourth-order valence-electron chi connectivity index (χ4n) is 2.18. The van der Waals surface area contributed by atoms with E-state index in [1.807, 2.05) is 12.1 Å². The van der Waals surface area contributed by atoms with Gasteiger partial charge in [-0.05, 0) is 49.3 Å². The molecule has 2 fully saturated rings. The molecule has 0 aromatic carbocycles. The Hall–Kier alpha value is -1.38. The van der Waals surface area contributed by atoms with Crippen molar-refractivity contribution in [1.29, 1.82) is 0 Å². The lowest BCUT2D eigenvalue weighted by molar-refractivity contribution is -0.132. The first-order valence-electron chi connectivity index (χ1n) is 6.51. The van der Waals surface area contributed by atoms with Crippen LogP contribution in [-0.4, -0.2) is 21.8 Å². The van der Waals surface area contributed by atoms with Crippen LogP contribution in [0.5, 0.6) is 0 Å². The van der Waals surface area contributed by atoms with Gasteiger partial charge in [-0.3, -0.25) is 9.78 Å². The molecule has 1 aromatic heterocycles. The Labute approximate surface area is 102 Å². The van der Waals surface area contributed by atoms with E-state index in [4.69, 9.17) is 0 Å². The van der Waals surface area contributed by atoms with Gasteiger partial charge >= 0.3 is 0 Å². The van der Waals surface area contributed by atoms with Crippen molar-refractivity contribution in [2.45, 2.75) is 44.7 Å². The largest absolute Gasteiger partial charge is 0.335 e. The van der Waals surface area contributed by atoms with Crippen LogP contribution in [0.4, 0.5) is 0 Å². The Kier molecular flexibility index (Phi) is 2.83. The van der Waals surface area contributed by atoms with Crippen LogP contribution in [0, 0.1) is 5.92 Å². The van der Waals surface area contributed by atoms with Crippen molar-refractivity contribution in [2.75, 3.05) is 0 Å². The van der Waals surface area contributed by atoms with Gasteiger partial charge in [-0.2, -0.15) is 0 Å². The summed E-state index contributed by atoms with van der Waals surface area (Å²) in [5.41, 5.74) is 1.19. The average Bonchev–Trinajstić information content (AvgIpc) is 3.21. The average molecular weight is 230 g/mol. The molecule has 1 aromatic rings. The van der Waals surface area contributed by atoms with Gasteiger partial charge in [0.05, 0.1) is 0 Å². The zero-order valence-corrected chi connectivity index (χ0v) is 10.0. The van der Waals surface area contributed by atoms with Gasteiger partial charge in [0, 0.05) is 31.4 Å². The summed E-state index contributed by atoms with van der Waals surface area (Å²) >= 11 is 0. The number of hydrogen-bond acceptors (Lipinski definition) is 2. The third-order valence-corrected chi connectivity index (χ3v) is 3.57. The third-order valence-electron chi connectivity index (χ3n) is 3.57. The molecule has 2 aliphatic rings. The van der Waals surface area contributed by atoms with Crippen molar-refractivity contribution in [3.05, 3.63) is 30.1 Å². The summed E-state index contributed by atoms with van der Waals surface area (Å²) in [4.78, 5) is 18.3. The molecule has 0 atom stereocenters. The molecule has 0 unspecified atom stereocenters. The molecule has 17 heavy (non-hydrogen) atoms. The maximum absolute atomic E-state index is 12.2. The van der Waals surface area contributed by atoms with Gasteiger partial charge < -0.3 is 4.90 Å². The minimum absolute atomic E-state index is 0.354. The van der Waals surface area contributed by atoms with Gasteiger partial charge in [0.1, 0.15) is 0 Å². The maximum Gasteiger partial charge on any atom is 0.223 e. The normalized spacial score (nSPS) is 19.1. The molecule has 2 saturated carbocycles. The molecule has 1 amide bonds. The van der Waals surface area contributed by atoms with E-state index in [-0.39, 0.29) is 0 Å². The lowest BCUT2D eigenvalue weighted by atomic mass is 10.2. The van der Waals surface area contributed by atoms with Crippen LogP contribution in [0.25, 0.3) is 0 Å². The molecule has 1 heterocycles. The van der Waals surface area contributed by atoms with Crippen molar-refractivity contribution in [2.24, 2.45) is 5.92 Å². The van der Waals surface area contributed by atoms with Crippen LogP contribution < -0.4 is 0 Å². The van der Waals surface area contributed by atoms with E-state index in [0.717, 1.165) is 13.0 Å². The number of aromatic nitrogens is 1. The summed E-state index contributed by atoms with van der Waals surface area (Å²) < 4.78 is 0. The molecular formula is C14H18N2O. The number of nitrogens with zero attached hydrogens (tertiary/aromatic N) is 2. The molecule has 0 aliphatic heterocycles. The van der Waals surface area contributed by atoms with Crippen molar-refractivity contribution in [3.8, 4) is 0 Å². The molecule has 3 heteroatoms. The monoisotopic (exact) mass is 230 g/mol. The Bertz CT molecular complexity index is 396. The highest BCUT2D eigenvalue weighted by atomic mass is 16.2. The van der Waals surface area contributed by atoms with Crippen LogP contribution in [0.1, 0.15) is 37.7 Å². The second kappa shape index (κ2) is 4.47. The Morgan fingerprint density at radius 2 is 1.94 bits per heavy atom. The van der Waals surface area contributed by atoms with E-state index in [1.54, 1.807) is 12.4 Å². The number of carbonyl (C=O) groups excluding carboxylic acids is 1. The van der Waals surface area contributed by atoms with Gasteiger partial charge in [0.2, 0.25) is 5.91 Å². The molecule has 0 spiro atoms. The predicted octanol–water partition coefficient (Wildman–Crippen LogP) is 2.37. The first-order valence-corrected chi connectivity index (χ1v) is 6.51. The van der Waals surface area contributed by atoms with Gasteiger partial charge in [0.15, 0.2) is 0 Å². The van der Waals surface area contributed by atoms with Crippen molar-refractivity contribution >= 4 is 5.91 Å². The summed E-state index contributed by atoms with van der Waals surface area (Å²) in [5.74, 6) is 1.04. The number of carbonyl (C=O) groups is 1. The van der Waals surface area contributed by atoms with E-state index < -0.39 is 0 Å². The third kappa shape index (κ3) is 2.84. The SMILES string of the molecule is O=C(CC1CC1)N(Cc1ccncc1)C1CC1. The molecule has 0 saturated heterocycles. The highest BCUT2D eigenvalue weighted by Crippen LogP contribution is 2.35. The molecule has 0 bridgehead atoms. The summed E-state index contributed by atoms with van der Waals surface area (Å²) in [6.07, 6.45) is 9.22. The minimum atomic E-state index is 0.354. The number of amides is 1. The fourth-order valence-corrected chi connectivity index (χ4v) is 2.18. The van der Waals surface area contributed by atoms with Crippen LogP contribution in [0.2, 0.25) is 0 Å². The fraction of sp³-hybridized carbons (Fsp3) is 0.571. The summed E-state index contributed by atoms with van der Waals surface area (Å²) in [7, 11) is 0. The molecule has 3 rings (SSSR count). The summed E-state index contributed by atoms with van der Waals surface area (Å²) in [6, 6.07) is 4.51. The van der Waals surface area contributed by atoms with Crippen LogP contribution in [0.15, 0.2) is 24.5 Å². The van der Waals surface area contributed by atoms with E-state index >= 15 is 0 Å². The highest BCUT2D eigenvalue weighted by Gasteiger charge is 2.35. The minimum Gasteiger partial charge on any atom is -0.335 e. The smallest absolute Gasteiger partial charge is 0.223 e. The summed E-state index contributed by atoms with van der Waals surface area (Å²) in [6.45, 7) is 0.763. The standard InChI is InChI=1S/C14H18N2O/c17-14(9-11-1-2-11)16(13-3-4-13)10-12-5-7-15-8-6-12/h5-8,11,13H,1-4,9-10H2. The molecule has 0 radical (unpaired) electrons. The zero-order valence-electron chi connectivity index (χ0n) is 10.0. The van der Waals surface area contributed by atoms with E-state index in [1.165, 1.54) is 31.2 Å².